The zero-order valence-corrected chi connectivity index (χ0v) is 18.9. The van der Waals surface area contributed by atoms with Gasteiger partial charge < -0.3 is 14.5 Å². The Labute approximate surface area is 188 Å². The van der Waals surface area contributed by atoms with E-state index < -0.39 is 0 Å². The molecule has 0 unspecified atom stereocenters. The summed E-state index contributed by atoms with van der Waals surface area (Å²) in [4.78, 5) is 10.7. The molecule has 4 nitrogen and oxygen atoms in total. The molecule has 0 atom stereocenters. The zero-order chi connectivity index (χ0) is 21.8. The maximum atomic E-state index is 4.93. The van der Waals surface area contributed by atoms with Crippen molar-refractivity contribution in [1.82, 2.24) is 19.4 Å². The van der Waals surface area contributed by atoms with Gasteiger partial charge in [0, 0.05) is 66.7 Å². The van der Waals surface area contributed by atoms with Crippen molar-refractivity contribution in [3.05, 3.63) is 77.7 Å². The lowest BCUT2D eigenvalue weighted by atomic mass is 9.95. The summed E-state index contributed by atoms with van der Waals surface area (Å²) >= 11 is 0. The fourth-order valence-corrected chi connectivity index (χ4v) is 5.43. The largest absolute Gasteiger partial charge is 0.361 e. The topological polar surface area (TPSA) is 36.9 Å². The highest BCUT2D eigenvalue weighted by atomic mass is 15.1. The van der Waals surface area contributed by atoms with Crippen molar-refractivity contribution in [2.75, 3.05) is 20.1 Å². The predicted molar refractivity (Wildman–Crippen MR) is 133 cm³/mol. The summed E-state index contributed by atoms with van der Waals surface area (Å²) in [6.45, 7) is 4.43. The van der Waals surface area contributed by atoms with Crippen LogP contribution in [0.5, 0.6) is 0 Å². The van der Waals surface area contributed by atoms with Crippen LogP contribution in [0.3, 0.4) is 0 Å². The van der Waals surface area contributed by atoms with Crippen LogP contribution >= 0.6 is 0 Å². The summed E-state index contributed by atoms with van der Waals surface area (Å²) in [6, 6.07) is 17.7. The first kappa shape index (κ1) is 19.3. The lowest BCUT2D eigenvalue weighted by Gasteiger charge is -2.15. The molecule has 4 heterocycles. The van der Waals surface area contributed by atoms with Crippen molar-refractivity contribution < 1.29 is 0 Å². The Kier molecular flexibility index (Phi) is 4.44. The Balaban J connectivity index is 1.61. The average molecular weight is 421 g/mol. The van der Waals surface area contributed by atoms with Crippen molar-refractivity contribution in [3.8, 4) is 22.4 Å². The molecule has 5 aromatic rings. The van der Waals surface area contributed by atoms with Crippen molar-refractivity contribution >= 4 is 21.8 Å². The normalized spacial score (nSPS) is 14.7. The van der Waals surface area contributed by atoms with Gasteiger partial charge in [-0.05, 0) is 78.9 Å². The summed E-state index contributed by atoms with van der Waals surface area (Å²) in [5.74, 6) is 0. The molecule has 1 N–H and O–H groups in total. The van der Waals surface area contributed by atoms with Crippen LogP contribution < -0.4 is 0 Å². The Morgan fingerprint density at radius 2 is 1.81 bits per heavy atom. The van der Waals surface area contributed by atoms with Gasteiger partial charge in [0.05, 0.1) is 11.2 Å². The third kappa shape index (κ3) is 2.98. The van der Waals surface area contributed by atoms with E-state index in [0.29, 0.717) is 0 Å². The number of likely N-dealkylation sites (N-methyl/N-ethyl adjacent to an activating group) is 1. The molecule has 0 spiro atoms. The number of aromatic amines is 1. The van der Waals surface area contributed by atoms with Gasteiger partial charge in [-0.2, -0.15) is 0 Å². The predicted octanol–water partition coefficient (Wildman–Crippen LogP) is 5.73. The van der Waals surface area contributed by atoms with Crippen LogP contribution in [0.15, 0.2) is 60.9 Å². The molecule has 0 aliphatic carbocycles. The highest BCUT2D eigenvalue weighted by Crippen LogP contribution is 2.39. The standard InChI is InChI=1S/C28H28N4/c1-18-15-23-22-9-13-31(2)14-10-26(22)32(3)28(23)24(16-18)27-21(5-4-11-30-27)19-6-7-25-20(17-19)8-12-29-25/h4-8,11-12,15-17,29H,9-10,13-14H2,1-3H3. The van der Waals surface area contributed by atoms with Crippen LogP contribution in [0.2, 0.25) is 0 Å². The van der Waals surface area contributed by atoms with Gasteiger partial charge >= 0.3 is 0 Å². The van der Waals surface area contributed by atoms with Crippen LogP contribution in [-0.2, 0) is 19.9 Å². The quantitative estimate of drug-likeness (QED) is 0.396. The minimum atomic E-state index is 1.06. The Morgan fingerprint density at radius 3 is 2.72 bits per heavy atom. The number of hydrogen-bond acceptors (Lipinski definition) is 2. The molecule has 0 fully saturated rings. The maximum Gasteiger partial charge on any atom is 0.0801 e. The molecule has 0 saturated heterocycles. The molecule has 1 aliphatic heterocycles. The van der Waals surface area contributed by atoms with E-state index in [1.165, 1.54) is 49.8 Å². The number of rotatable bonds is 2. The third-order valence-electron chi connectivity index (χ3n) is 7.07. The van der Waals surface area contributed by atoms with E-state index in [1.807, 2.05) is 18.5 Å². The molecule has 0 amide bonds. The third-order valence-corrected chi connectivity index (χ3v) is 7.07. The van der Waals surface area contributed by atoms with Gasteiger partial charge in [0.25, 0.3) is 0 Å². The number of aromatic nitrogens is 3. The molecule has 0 bridgehead atoms. The van der Waals surface area contributed by atoms with Crippen molar-refractivity contribution in [1.29, 1.82) is 0 Å². The van der Waals surface area contributed by atoms with E-state index in [1.54, 1.807) is 0 Å². The van der Waals surface area contributed by atoms with Gasteiger partial charge in [-0.25, -0.2) is 0 Å². The van der Waals surface area contributed by atoms with Gasteiger partial charge in [-0.1, -0.05) is 12.1 Å². The second-order valence-corrected chi connectivity index (χ2v) is 9.18. The second-order valence-electron chi connectivity index (χ2n) is 9.18. The van der Waals surface area contributed by atoms with E-state index in [-0.39, 0.29) is 0 Å². The van der Waals surface area contributed by atoms with Crippen LogP contribution in [0.1, 0.15) is 16.8 Å². The molecular weight excluding hydrogens is 392 g/mol. The SMILES string of the molecule is Cc1cc(-c2ncccc2-c2ccc3[nH]ccc3c2)c2c(c1)c1c(n2C)CCN(C)CC1. The number of pyridine rings is 1. The monoisotopic (exact) mass is 420 g/mol. The first-order valence-electron chi connectivity index (χ1n) is 11.4. The number of aryl methyl sites for hydroxylation is 2. The second kappa shape index (κ2) is 7.35. The molecule has 0 saturated carbocycles. The van der Waals surface area contributed by atoms with Gasteiger partial charge in [0.2, 0.25) is 0 Å². The number of benzene rings is 2. The molecular formula is C28H28N4. The fourth-order valence-electron chi connectivity index (χ4n) is 5.43. The first-order valence-corrected chi connectivity index (χ1v) is 11.4. The lowest BCUT2D eigenvalue weighted by Crippen LogP contribution is -2.21. The molecule has 2 aromatic carbocycles. The number of hydrogen-bond donors (Lipinski definition) is 1. The zero-order valence-electron chi connectivity index (χ0n) is 18.9. The van der Waals surface area contributed by atoms with Crippen LogP contribution in [0.25, 0.3) is 44.2 Å². The molecule has 1 aliphatic rings. The smallest absolute Gasteiger partial charge is 0.0801 e. The minimum absolute atomic E-state index is 1.06. The van der Waals surface area contributed by atoms with E-state index >= 15 is 0 Å². The minimum Gasteiger partial charge on any atom is -0.361 e. The number of nitrogens with one attached hydrogen (secondary N) is 1. The van der Waals surface area contributed by atoms with Crippen LogP contribution in [0.4, 0.5) is 0 Å². The van der Waals surface area contributed by atoms with E-state index in [0.717, 1.165) is 37.1 Å². The summed E-state index contributed by atoms with van der Waals surface area (Å²) in [5.41, 5.74) is 11.4. The van der Waals surface area contributed by atoms with E-state index in [4.69, 9.17) is 4.98 Å². The highest BCUT2D eigenvalue weighted by Gasteiger charge is 2.23. The maximum absolute atomic E-state index is 4.93. The Hall–Kier alpha value is -3.37. The molecule has 160 valence electrons. The van der Waals surface area contributed by atoms with E-state index in [9.17, 15) is 0 Å². The molecule has 6 rings (SSSR count). The number of fused-ring (bicyclic) bond motifs is 4. The van der Waals surface area contributed by atoms with Gasteiger partial charge in [0.1, 0.15) is 0 Å². The Bertz CT molecular complexity index is 1470. The van der Waals surface area contributed by atoms with E-state index in [2.05, 4.69) is 77.9 Å². The highest BCUT2D eigenvalue weighted by molar-refractivity contribution is 6.01. The fraction of sp³-hybridized carbons (Fsp3) is 0.250. The lowest BCUT2D eigenvalue weighted by molar-refractivity contribution is 0.351. The molecule has 0 radical (unpaired) electrons. The average Bonchev–Trinajstić information content (AvgIpc) is 3.31. The van der Waals surface area contributed by atoms with Crippen molar-refractivity contribution in [2.45, 2.75) is 19.8 Å². The van der Waals surface area contributed by atoms with Crippen LogP contribution in [-0.4, -0.2) is 39.6 Å². The summed E-state index contributed by atoms with van der Waals surface area (Å²) in [5, 5.41) is 2.62. The molecule has 3 aromatic heterocycles. The summed E-state index contributed by atoms with van der Waals surface area (Å²) in [7, 11) is 4.46. The number of nitrogens with zero attached hydrogens (tertiary/aromatic N) is 3. The molecule has 32 heavy (non-hydrogen) atoms. The van der Waals surface area contributed by atoms with Crippen LogP contribution in [0, 0.1) is 6.92 Å². The van der Waals surface area contributed by atoms with Gasteiger partial charge in [-0.3, -0.25) is 4.98 Å². The first-order chi connectivity index (χ1) is 15.6. The summed E-state index contributed by atoms with van der Waals surface area (Å²) < 4.78 is 2.44. The Morgan fingerprint density at radius 1 is 0.938 bits per heavy atom. The molecule has 4 heteroatoms. The van der Waals surface area contributed by atoms with Gasteiger partial charge in [-0.15, -0.1) is 0 Å². The van der Waals surface area contributed by atoms with Crippen molar-refractivity contribution in [3.63, 3.8) is 0 Å². The summed E-state index contributed by atoms with van der Waals surface area (Å²) in [6.07, 6.45) is 6.11. The van der Waals surface area contributed by atoms with Gasteiger partial charge in [0.15, 0.2) is 0 Å². The number of H-pyrrole nitrogens is 1. The van der Waals surface area contributed by atoms with Crippen molar-refractivity contribution in [2.24, 2.45) is 7.05 Å².